The van der Waals surface area contributed by atoms with Gasteiger partial charge in [-0.15, -0.1) is 0 Å². The molecule has 0 amide bonds. The summed E-state index contributed by atoms with van der Waals surface area (Å²) in [7, 11) is 1.13. The minimum Gasteiger partial charge on any atom is -0.468 e. The van der Waals surface area contributed by atoms with Crippen molar-refractivity contribution in [3.63, 3.8) is 0 Å². The highest BCUT2D eigenvalue weighted by Crippen LogP contribution is 2.25. The SMILES string of the molecule is COC(=O)C(C#N)C(C#N)c1cccc(F)c1. The molecule has 0 heterocycles. The van der Waals surface area contributed by atoms with Crippen molar-refractivity contribution in [2.45, 2.75) is 5.92 Å². The summed E-state index contributed by atoms with van der Waals surface area (Å²) in [6.07, 6.45) is 0. The first-order valence-electron chi connectivity index (χ1n) is 4.76. The molecule has 0 saturated heterocycles. The van der Waals surface area contributed by atoms with E-state index >= 15 is 0 Å². The van der Waals surface area contributed by atoms with Gasteiger partial charge in [-0.3, -0.25) is 4.79 Å². The van der Waals surface area contributed by atoms with Crippen molar-refractivity contribution in [2.75, 3.05) is 7.11 Å². The number of methoxy groups -OCH3 is 1. The zero-order chi connectivity index (χ0) is 12.8. The average molecular weight is 232 g/mol. The van der Waals surface area contributed by atoms with E-state index in [4.69, 9.17) is 10.5 Å². The zero-order valence-electron chi connectivity index (χ0n) is 9.05. The molecule has 1 aromatic rings. The first-order valence-corrected chi connectivity index (χ1v) is 4.76. The number of nitriles is 2. The highest BCUT2D eigenvalue weighted by molar-refractivity contribution is 5.77. The van der Waals surface area contributed by atoms with Crippen LogP contribution >= 0.6 is 0 Å². The molecule has 0 N–H and O–H groups in total. The summed E-state index contributed by atoms with van der Waals surface area (Å²) in [6, 6.07) is 8.78. The zero-order valence-corrected chi connectivity index (χ0v) is 9.05. The minimum absolute atomic E-state index is 0.282. The van der Waals surface area contributed by atoms with Crippen LogP contribution in [0, 0.1) is 34.4 Å². The number of nitrogens with zero attached hydrogens (tertiary/aromatic N) is 2. The van der Waals surface area contributed by atoms with Gasteiger partial charge in [0.2, 0.25) is 0 Å². The molecule has 0 aliphatic heterocycles. The van der Waals surface area contributed by atoms with Gasteiger partial charge < -0.3 is 4.74 Å². The van der Waals surface area contributed by atoms with E-state index in [9.17, 15) is 9.18 Å². The maximum Gasteiger partial charge on any atom is 0.324 e. The Morgan fingerprint density at radius 3 is 2.59 bits per heavy atom. The van der Waals surface area contributed by atoms with E-state index in [-0.39, 0.29) is 5.56 Å². The summed E-state index contributed by atoms with van der Waals surface area (Å²) in [4.78, 5) is 11.3. The minimum atomic E-state index is -1.26. The number of benzene rings is 1. The van der Waals surface area contributed by atoms with Crippen molar-refractivity contribution in [2.24, 2.45) is 5.92 Å². The fourth-order valence-corrected chi connectivity index (χ4v) is 1.43. The van der Waals surface area contributed by atoms with Gasteiger partial charge in [-0.1, -0.05) is 12.1 Å². The molecule has 0 spiro atoms. The molecule has 4 nitrogen and oxygen atoms in total. The van der Waals surface area contributed by atoms with Crippen molar-refractivity contribution < 1.29 is 13.9 Å². The average Bonchev–Trinajstić information content (AvgIpc) is 2.34. The predicted octanol–water partition coefficient (Wildman–Crippen LogP) is 1.75. The number of esters is 1. The fraction of sp³-hybridized carbons (Fsp3) is 0.250. The van der Waals surface area contributed by atoms with E-state index in [1.54, 1.807) is 6.07 Å². The van der Waals surface area contributed by atoms with Gasteiger partial charge in [-0.05, 0) is 17.7 Å². The van der Waals surface area contributed by atoms with Crippen LogP contribution in [-0.2, 0) is 9.53 Å². The van der Waals surface area contributed by atoms with Gasteiger partial charge in [-0.25, -0.2) is 4.39 Å². The molecule has 2 unspecified atom stereocenters. The van der Waals surface area contributed by atoms with Crippen LogP contribution in [0.15, 0.2) is 24.3 Å². The fourth-order valence-electron chi connectivity index (χ4n) is 1.43. The van der Waals surface area contributed by atoms with Gasteiger partial charge in [0.1, 0.15) is 5.82 Å². The van der Waals surface area contributed by atoms with Crippen LogP contribution in [0.5, 0.6) is 0 Å². The predicted molar refractivity (Wildman–Crippen MR) is 55.9 cm³/mol. The highest BCUT2D eigenvalue weighted by atomic mass is 19.1. The van der Waals surface area contributed by atoms with Crippen molar-refractivity contribution in [1.29, 1.82) is 10.5 Å². The normalized spacial score (nSPS) is 12.9. The number of rotatable bonds is 3. The Balaban J connectivity index is 3.12. The summed E-state index contributed by atoms with van der Waals surface area (Å²) in [5.41, 5.74) is 0.282. The summed E-state index contributed by atoms with van der Waals surface area (Å²) >= 11 is 0. The largest absolute Gasteiger partial charge is 0.468 e. The Bertz CT molecular complexity index is 502. The molecule has 0 aliphatic rings. The number of hydrogen-bond donors (Lipinski definition) is 0. The van der Waals surface area contributed by atoms with Crippen molar-refractivity contribution in [1.82, 2.24) is 0 Å². The van der Waals surface area contributed by atoms with E-state index in [1.807, 2.05) is 6.07 Å². The standard InChI is InChI=1S/C12H9FN2O2/c1-17-12(16)11(7-15)10(6-14)8-3-2-4-9(13)5-8/h2-5,10-11H,1H3. The number of carbonyl (C=O) groups excluding carboxylic acids is 1. The lowest BCUT2D eigenvalue weighted by Crippen LogP contribution is -2.21. The van der Waals surface area contributed by atoms with Gasteiger partial charge in [0.25, 0.3) is 0 Å². The van der Waals surface area contributed by atoms with Crippen LogP contribution in [0.25, 0.3) is 0 Å². The maximum absolute atomic E-state index is 13.0. The molecule has 5 heteroatoms. The van der Waals surface area contributed by atoms with E-state index in [0.29, 0.717) is 0 Å². The van der Waals surface area contributed by atoms with Gasteiger partial charge in [0.05, 0.1) is 25.2 Å². The molecule has 0 aliphatic carbocycles. The smallest absolute Gasteiger partial charge is 0.324 e. The maximum atomic E-state index is 13.0. The summed E-state index contributed by atoms with van der Waals surface area (Å²) in [5.74, 6) is -3.62. The topological polar surface area (TPSA) is 73.9 Å². The Morgan fingerprint density at radius 1 is 1.41 bits per heavy atom. The van der Waals surface area contributed by atoms with E-state index in [1.165, 1.54) is 18.2 Å². The monoisotopic (exact) mass is 232 g/mol. The quantitative estimate of drug-likeness (QED) is 0.744. The second-order valence-corrected chi connectivity index (χ2v) is 3.29. The highest BCUT2D eigenvalue weighted by Gasteiger charge is 2.30. The second-order valence-electron chi connectivity index (χ2n) is 3.29. The molecular formula is C12H9FN2O2. The van der Waals surface area contributed by atoms with Crippen molar-refractivity contribution in [3.05, 3.63) is 35.6 Å². The van der Waals surface area contributed by atoms with Crippen LogP contribution < -0.4 is 0 Å². The van der Waals surface area contributed by atoms with Crippen molar-refractivity contribution >= 4 is 5.97 Å². The molecule has 0 saturated carbocycles. The second kappa shape index (κ2) is 5.62. The number of ether oxygens (including phenoxy) is 1. The van der Waals surface area contributed by atoms with Crippen molar-refractivity contribution in [3.8, 4) is 12.1 Å². The Labute approximate surface area is 97.8 Å². The third kappa shape index (κ3) is 2.79. The molecule has 0 bridgehead atoms. The van der Waals surface area contributed by atoms with Crippen LogP contribution in [0.1, 0.15) is 11.5 Å². The van der Waals surface area contributed by atoms with Crippen LogP contribution in [0.2, 0.25) is 0 Å². The van der Waals surface area contributed by atoms with Gasteiger partial charge in [-0.2, -0.15) is 10.5 Å². The molecule has 86 valence electrons. The van der Waals surface area contributed by atoms with Crippen LogP contribution in [0.3, 0.4) is 0 Å². The molecule has 0 radical (unpaired) electrons. The molecule has 1 aromatic carbocycles. The molecular weight excluding hydrogens is 223 g/mol. The lowest BCUT2D eigenvalue weighted by Gasteiger charge is -2.13. The lowest BCUT2D eigenvalue weighted by molar-refractivity contribution is -0.143. The van der Waals surface area contributed by atoms with Crippen LogP contribution in [0.4, 0.5) is 4.39 Å². The number of hydrogen-bond acceptors (Lipinski definition) is 4. The summed E-state index contributed by atoms with van der Waals surface area (Å²) in [6.45, 7) is 0. The Morgan fingerprint density at radius 2 is 2.12 bits per heavy atom. The number of carbonyl (C=O) groups is 1. The van der Waals surface area contributed by atoms with Crippen LogP contribution in [-0.4, -0.2) is 13.1 Å². The number of halogens is 1. The van der Waals surface area contributed by atoms with E-state index in [2.05, 4.69) is 4.74 Å². The molecule has 17 heavy (non-hydrogen) atoms. The third-order valence-corrected chi connectivity index (χ3v) is 2.27. The van der Waals surface area contributed by atoms with E-state index in [0.717, 1.165) is 13.2 Å². The van der Waals surface area contributed by atoms with Gasteiger partial charge in [0.15, 0.2) is 5.92 Å². The first-order chi connectivity index (χ1) is 8.13. The van der Waals surface area contributed by atoms with Gasteiger partial charge in [0, 0.05) is 0 Å². The summed E-state index contributed by atoms with van der Waals surface area (Å²) < 4.78 is 17.4. The van der Waals surface area contributed by atoms with Gasteiger partial charge >= 0.3 is 5.97 Å². The Hall–Kier alpha value is -2.40. The first kappa shape index (κ1) is 12.7. The molecule has 0 aromatic heterocycles. The summed E-state index contributed by atoms with van der Waals surface area (Å²) in [5, 5.41) is 17.8. The molecule has 0 fully saturated rings. The van der Waals surface area contributed by atoms with E-state index < -0.39 is 23.6 Å². The third-order valence-electron chi connectivity index (χ3n) is 2.27. The molecule has 1 rings (SSSR count). The molecule has 2 atom stereocenters. The Kier molecular flexibility index (Phi) is 4.19. The lowest BCUT2D eigenvalue weighted by atomic mass is 9.88.